The quantitative estimate of drug-likeness (QED) is 0.411. The molecule has 0 N–H and O–H groups in total. The van der Waals surface area contributed by atoms with Gasteiger partial charge < -0.3 is 4.90 Å². The number of amides is 1. The van der Waals surface area contributed by atoms with E-state index in [-0.39, 0.29) is 25.4 Å². The Morgan fingerprint density at radius 2 is 1.65 bits per heavy atom. The highest BCUT2D eigenvalue weighted by atomic mass is 32.2. The Kier molecular flexibility index (Phi) is 6.32. The van der Waals surface area contributed by atoms with Crippen LogP contribution in [0.2, 0.25) is 0 Å². The molecule has 7 nitrogen and oxygen atoms in total. The SMILES string of the molecule is O=C(Cc1csc2nc(-c3ccccc3)cn12)N1CCN(S(=O)(=O)/C=C/c2ccccc2)CC1. The summed E-state index contributed by atoms with van der Waals surface area (Å²) < 4.78 is 28.8. The van der Waals surface area contributed by atoms with Crippen LogP contribution in [0.25, 0.3) is 22.3 Å². The van der Waals surface area contributed by atoms with Crippen LogP contribution in [-0.4, -0.2) is 59.1 Å². The fourth-order valence-corrected chi connectivity index (χ4v) is 6.02. The molecule has 3 heterocycles. The van der Waals surface area contributed by atoms with E-state index in [1.807, 2.05) is 76.6 Å². The van der Waals surface area contributed by atoms with Crippen LogP contribution >= 0.6 is 11.3 Å². The number of carbonyl (C=O) groups is 1. The van der Waals surface area contributed by atoms with E-state index in [4.69, 9.17) is 0 Å². The summed E-state index contributed by atoms with van der Waals surface area (Å²) in [5.41, 5.74) is 3.63. The molecule has 4 aromatic rings. The number of nitrogens with zero attached hydrogens (tertiary/aromatic N) is 4. The highest BCUT2D eigenvalue weighted by molar-refractivity contribution is 7.92. The van der Waals surface area contributed by atoms with Gasteiger partial charge in [-0.25, -0.2) is 13.4 Å². The van der Waals surface area contributed by atoms with Gasteiger partial charge in [-0.05, 0) is 11.6 Å². The number of benzene rings is 2. The monoisotopic (exact) mass is 492 g/mol. The fraction of sp³-hybridized carbons (Fsp3) is 0.200. The van der Waals surface area contributed by atoms with Gasteiger partial charge in [0.15, 0.2) is 4.96 Å². The molecule has 174 valence electrons. The number of carbonyl (C=O) groups excluding carboxylic acids is 1. The number of rotatable bonds is 6. The normalized spacial score (nSPS) is 15.4. The molecule has 5 rings (SSSR count). The summed E-state index contributed by atoms with van der Waals surface area (Å²) in [6, 6.07) is 19.3. The van der Waals surface area contributed by atoms with Gasteiger partial charge in [-0.2, -0.15) is 4.31 Å². The molecule has 0 atom stereocenters. The molecule has 9 heteroatoms. The first-order chi connectivity index (χ1) is 16.5. The number of thiazole rings is 1. The average Bonchev–Trinajstić information content (AvgIpc) is 3.46. The van der Waals surface area contributed by atoms with E-state index in [1.54, 1.807) is 11.0 Å². The van der Waals surface area contributed by atoms with Gasteiger partial charge in [0.1, 0.15) is 0 Å². The van der Waals surface area contributed by atoms with Gasteiger partial charge in [-0.15, -0.1) is 11.3 Å². The Balaban J connectivity index is 1.21. The lowest BCUT2D eigenvalue weighted by molar-refractivity contribution is -0.131. The van der Waals surface area contributed by atoms with Crippen molar-refractivity contribution >= 4 is 38.3 Å². The third-order valence-electron chi connectivity index (χ3n) is 5.87. The molecule has 0 spiro atoms. The molecule has 1 aliphatic heterocycles. The van der Waals surface area contributed by atoms with E-state index in [0.29, 0.717) is 13.1 Å². The van der Waals surface area contributed by atoms with Crippen LogP contribution in [0.1, 0.15) is 11.3 Å². The van der Waals surface area contributed by atoms with Crippen molar-refractivity contribution < 1.29 is 13.2 Å². The van der Waals surface area contributed by atoms with E-state index in [9.17, 15) is 13.2 Å². The number of aromatic nitrogens is 2. The van der Waals surface area contributed by atoms with Crippen molar-refractivity contribution in [1.82, 2.24) is 18.6 Å². The predicted molar refractivity (Wildman–Crippen MR) is 135 cm³/mol. The Morgan fingerprint density at radius 1 is 0.971 bits per heavy atom. The molecule has 1 fully saturated rings. The molecule has 0 aliphatic carbocycles. The Labute approximate surface area is 202 Å². The van der Waals surface area contributed by atoms with Gasteiger partial charge in [-0.3, -0.25) is 9.20 Å². The number of fused-ring (bicyclic) bond motifs is 1. The molecule has 0 saturated carbocycles. The van der Waals surface area contributed by atoms with Gasteiger partial charge >= 0.3 is 0 Å². The second-order valence-corrected chi connectivity index (χ2v) is 10.7. The molecular formula is C25H24N4O3S2. The van der Waals surface area contributed by atoms with Gasteiger partial charge in [0.2, 0.25) is 15.9 Å². The minimum absolute atomic E-state index is 0.00784. The zero-order chi connectivity index (χ0) is 23.5. The summed E-state index contributed by atoms with van der Waals surface area (Å²) >= 11 is 1.51. The molecule has 2 aromatic heterocycles. The molecule has 1 saturated heterocycles. The van der Waals surface area contributed by atoms with Crippen molar-refractivity contribution in [2.45, 2.75) is 6.42 Å². The molecule has 34 heavy (non-hydrogen) atoms. The molecule has 0 radical (unpaired) electrons. The lowest BCUT2D eigenvalue weighted by Gasteiger charge is -2.33. The van der Waals surface area contributed by atoms with Gasteiger partial charge in [0, 0.05) is 54.4 Å². The van der Waals surface area contributed by atoms with Crippen LogP contribution in [0.5, 0.6) is 0 Å². The molecule has 2 aromatic carbocycles. The predicted octanol–water partition coefficient (Wildman–Crippen LogP) is 3.75. The van der Waals surface area contributed by atoms with E-state index in [2.05, 4.69) is 4.98 Å². The lowest BCUT2D eigenvalue weighted by Crippen LogP contribution is -2.50. The summed E-state index contributed by atoms with van der Waals surface area (Å²) in [4.78, 5) is 20.2. The first-order valence-electron chi connectivity index (χ1n) is 11.0. The minimum Gasteiger partial charge on any atom is -0.340 e. The largest absolute Gasteiger partial charge is 0.340 e. The number of sulfonamides is 1. The second-order valence-electron chi connectivity index (χ2n) is 8.09. The first kappa shape index (κ1) is 22.5. The molecular weight excluding hydrogens is 468 g/mol. The number of imidazole rings is 1. The topological polar surface area (TPSA) is 75.0 Å². The Bertz CT molecular complexity index is 1420. The van der Waals surface area contributed by atoms with E-state index >= 15 is 0 Å². The smallest absolute Gasteiger partial charge is 0.236 e. The van der Waals surface area contributed by atoms with Crippen molar-refractivity contribution in [3.05, 3.63) is 88.9 Å². The fourth-order valence-electron chi connectivity index (χ4n) is 3.98. The number of piperazine rings is 1. The van der Waals surface area contributed by atoms with Crippen LogP contribution in [0, 0.1) is 0 Å². The third kappa shape index (κ3) is 4.82. The van der Waals surface area contributed by atoms with Crippen LogP contribution in [0.3, 0.4) is 0 Å². The summed E-state index contributed by atoms with van der Waals surface area (Å²) in [5, 5.41) is 3.20. The van der Waals surface area contributed by atoms with Gasteiger partial charge in [-0.1, -0.05) is 60.7 Å². The zero-order valence-electron chi connectivity index (χ0n) is 18.4. The summed E-state index contributed by atoms with van der Waals surface area (Å²) in [6.45, 7) is 1.33. The Morgan fingerprint density at radius 3 is 2.35 bits per heavy atom. The van der Waals surface area contributed by atoms with Crippen molar-refractivity contribution in [3.8, 4) is 11.3 Å². The van der Waals surface area contributed by atoms with Crippen molar-refractivity contribution in [3.63, 3.8) is 0 Å². The minimum atomic E-state index is -3.53. The molecule has 1 amide bonds. The molecule has 1 aliphatic rings. The maximum atomic E-state index is 13.0. The summed E-state index contributed by atoms with van der Waals surface area (Å²) in [5.74, 6) is -0.00784. The second kappa shape index (κ2) is 9.54. The maximum Gasteiger partial charge on any atom is 0.236 e. The van der Waals surface area contributed by atoms with E-state index < -0.39 is 10.0 Å². The summed E-state index contributed by atoms with van der Waals surface area (Å²) in [6.07, 6.45) is 3.82. The van der Waals surface area contributed by atoms with E-state index in [0.717, 1.165) is 27.5 Å². The van der Waals surface area contributed by atoms with Gasteiger partial charge in [0.05, 0.1) is 12.1 Å². The standard InChI is InChI=1S/C25H24N4O3S2/c30-24(17-22-19-33-25-26-23(18-29(22)25)21-9-5-2-6-10-21)27-12-14-28(15-13-27)34(31,32)16-11-20-7-3-1-4-8-20/h1-11,16,18-19H,12-15,17H2/b16-11+. The number of hydrogen-bond donors (Lipinski definition) is 0. The van der Waals surface area contributed by atoms with Crippen molar-refractivity contribution in [2.24, 2.45) is 0 Å². The maximum absolute atomic E-state index is 13.0. The molecule has 0 unspecified atom stereocenters. The first-order valence-corrected chi connectivity index (χ1v) is 13.4. The number of hydrogen-bond acceptors (Lipinski definition) is 5. The lowest BCUT2D eigenvalue weighted by atomic mass is 10.2. The average molecular weight is 493 g/mol. The van der Waals surface area contributed by atoms with Crippen molar-refractivity contribution in [1.29, 1.82) is 0 Å². The van der Waals surface area contributed by atoms with Crippen LogP contribution in [0.15, 0.2) is 77.6 Å². The van der Waals surface area contributed by atoms with Crippen molar-refractivity contribution in [2.75, 3.05) is 26.2 Å². The molecule has 0 bridgehead atoms. The third-order valence-corrected chi connectivity index (χ3v) is 8.32. The van der Waals surface area contributed by atoms with Crippen LogP contribution in [-0.2, 0) is 21.2 Å². The Hall–Kier alpha value is -3.27. The van der Waals surface area contributed by atoms with Gasteiger partial charge in [0.25, 0.3) is 0 Å². The highest BCUT2D eigenvalue weighted by Crippen LogP contribution is 2.24. The van der Waals surface area contributed by atoms with E-state index in [1.165, 1.54) is 21.1 Å². The van der Waals surface area contributed by atoms with Crippen LogP contribution < -0.4 is 0 Å². The zero-order valence-corrected chi connectivity index (χ0v) is 20.1. The van der Waals surface area contributed by atoms with Crippen LogP contribution in [0.4, 0.5) is 0 Å². The highest BCUT2D eigenvalue weighted by Gasteiger charge is 2.27. The summed E-state index contributed by atoms with van der Waals surface area (Å²) in [7, 11) is -3.53.